The molecule has 0 aromatic carbocycles. The van der Waals surface area contributed by atoms with E-state index in [0.717, 1.165) is 6.54 Å². The number of likely N-dealkylation sites (N-methyl/N-ethyl adjacent to an activating group) is 1. The smallest absolute Gasteiger partial charge is 0.0649 e. The summed E-state index contributed by atoms with van der Waals surface area (Å²) in [6.07, 6.45) is 5.28. The van der Waals surface area contributed by atoms with E-state index in [4.69, 9.17) is 0 Å². The van der Waals surface area contributed by atoms with Crippen molar-refractivity contribution >= 4 is 23.1 Å². The van der Waals surface area contributed by atoms with Gasteiger partial charge < -0.3 is 10.2 Å². The molecular formula is C16H24N4S2. The van der Waals surface area contributed by atoms with Crippen molar-refractivity contribution < 1.29 is 0 Å². The number of nitrogens with zero attached hydrogens (tertiary/aromatic N) is 3. The zero-order valence-electron chi connectivity index (χ0n) is 13.6. The summed E-state index contributed by atoms with van der Waals surface area (Å²) < 4.78 is 3.36. The number of hydrogen-bond donors (Lipinski definition) is 1. The van der Waals surface area contributed by atoms with Crippen molar-refractivity contribution in [2.45, 2.75) is 34.9 Å². The molecule has 2 aromatic rings. The van der Waals surface area contributed by atoms with Crippen LogP contribution in [-0.4, -0.2) is 40.6 Å². The van der Waals surface area contributed by atoms with Gasteiger partial charge in [0, 0.05) is 42.7 Å². The second kappa shape index (κ2) is 6.74. The molecule has 3 atom stereocenters. The fourth-order valence-electron chi connectivity index (χ4n) is 3.01. The maximum Gasteiger partial charge on any atom is 0.0649 e. The molecule has 0 radical (unpaired) electrons. The van der Waals surface area contributed by atoms with E-state index in [1.165, 1.54) is 21.8 Å². The Balaban J connectivity index is 1.71. The molecule has 0 saturated heterocycles. The summed E-state index contributed by atoms with van der Waals surface area (Å²) in [5.74, 6) is 0. The van der Waals surface area contributed by atoms with Crippen molar-refractivity contribution in [3.05, 3.63) is 35.0 Å². The van der Waals surface area contributed by atoms with Crippen LogP contribution in [0.15, 0.2) is 28.0 Å². The van der Waals surface area contributed by atoms with Gasteiger partial charge in [-0.2, -0.15) is 5.10 Å². The molecule has 3 heterocycles. The van der Waals surface area contributed by atoms with Crippen molar-refractivity contribution in [2.24, 2.45) is 7.05 Å². The maximum absolute atomic E-state index is 4.31. The number of thioether (sulfide) groups is 1. The average molecular weight is 337 g/mol. The summed E-state index contributed by atoms with van der Waals surface area (Å²) in [7, 11) is 6.24. The predicted molar refractivity (Wildman–Crippen MR) is 94.6 cm³/mol. The lowest BCUT2D eigenvalue weighted by atomic mass is 10.0. The van der Waals surface area contributed by atoms with E-state index in [1.807, 2.05) is 41.0 Å². The molecule has 0 bridgehead atoms. The molecule has 0 unspecified atom stereocenters. The summed E-state index contributed by atoms with van der Waals surface area (Å²) in [4.78, 5) is 2.26. The van der Waals surface area contributed by atoms with Gasteiger partial charge in [0.1, 0.15) is 0 Å². The highest BCUT2D eigenvalue weighted by atomic mass is 32.2. The third kappa shape index (κ3) is 3.40. The van der Waals surface area contributed by atoms with Crippen LogP contribution in [0.3, 0.4) is 0 Å². The van der Waals surface area contributed by atoms with Crippen LogP contribution in [0.25, 0.3) is 0 Å². The highest BCUT2D eigenvalue weighted by molar-refractivity contribution is 8.01. The minimum atomic E-state index is 0.348. The molecule has 22 heavy (non-hydrogen) atoms. The fraction of sp³-hybridized carbons (Fsp3) is 0.562. The zero-order chi connectivity index (χ0) is 15.7. The Kier molecular flexibility index (Phi) is 4.92. The Morgan fingerprint density at radius 2 is 2.32 bits per heavy atom. The van der Waals surface area contributed by atoms with E-state index in [0.29, 0.717) is 17.3 Å². The number of aromatic nitrogens is 2. The van der Waals surface area contributed by atoms with Crippen LogP contribution in [0.1, 0.15) is 36.6 Å². The predicted octanol–water partition coefficient (Wildman–Crippen LogP) is 3.30. The summed E-state index contributed by atoms with van der Waals surface area (Å²) in [6.45, 7) is 3.27. The Hall–Kier alpha value is -0.820. The van der Waals surface area contributed by atoms with Crippen molar-refractivity contribution in [1.82, 2.24) is 20.0 Å². The number of fused-ring (bicyclic) bond motifs is 1. The van der Waals surface area contributed by atoms with Crippen LogP contribution in [0.5, 0.6) is 0 Å². The third-order valence-electron chi connectivity index (χ3n) is 4.20. The van der Waals surface area contributed by atoms with Crippen LogP contribution in [-0.2, 0) is 7.05 Å². The average Bonchev–Trinajstić information content (AvgIpc) is 3.07. The molecular weight excluding hydrogens is 312 g/mol. The van der Waals surface area contributed by atoms with E-state index >= 15 is 0 Å². The van der Waals surface area contributed by atoms with Crippen LogP contribution >= 0.6 is 23.1 Å². The molecule has 1 N–H and O–H groups in total. The van der Waals surface area contributed by atoms with Crippen molar-refractivity contribution in [2.75, 3.05) is 20.6 Å². The topological polar surface area (TPSA) is 33.1 Å². The molecule has 6 heteroatoms. The first-order valence-corrected chi connectivity index (χ1v) is 9.43. The minimum Gasteiger partial charge on any atom is -0.308 e. The van der Waals surface area contributed by atoms with Gasteiger partial charge >= 0.3 is 0 Å². The van der Waals surface area contributed by atoms with E-state index in [9.17, 15) is 0 Å². The SMILES string of the molecule is C[C@H]1C[C@@H](NC[C@H](c2cnn(C)c2)N(C)C)c2ccsc2S1. The van der Waals surface area contributed by atoms with Gasteiger partial charge in [0.2, 0.25) is 0 Å². The Labute approximate surface area is 140 Å². The molecule has 0 fully saturated rings. The van der Waals surface area contributed by atoms with Gasteiger partial charge in [-0.25, -0.2) is 0 Å². The van der Waals surface area contributed by atoms with Gasteiger partial charge in [0.05, 0.1) is 10.4 Å². The number of aryl methyl sites for hydroxylation is 1. The lowest BCUT2D eigenvalue weighted by molar-refractivity contribution is 0.276. The van der Waals surface area contributed by atoms with Crippen molar-refractivity contribution in [1.29, 1.82) is 0 Å². The Morgan fingerprint density at radius 1 is 1.50 bits per heavy atom. The second-order valence-electron chi connectivity index (χ2n) is 6.22. The van der Waals surface area contributed by atoms with Gasteiger partial charge in [-0.05, 0) is 37.5 Å². The number of thiophene rings is 1. The molecule has 2 aromatic heterocycles. The van der Waals surface area contributed by atoms with Crippen LogP contribution < -0.4 is 5.32 Å². The van der Waals surface area contributed by atoms with Crippen LogP contribution in [0.2, 0.25) is 0 Å². The fourth-order valence-corrected chi connectivity index (χ4v) is 5.57. The Morgan fingerprint density at radius 3 is 3.00 bits per heavy atom. The molecule has 0 amide bonds. The van der Waals surface area contributed by atoms with Gasteiger partial charge in [-0.15, -0.1) is 23.1 Å². The van der Waals surface area contributed by atoms with Gasteiger partial charge in [0.15, 0.2) is 0 Å². The molecule has 4 nitrogen and oxygen atoms in total. The maximum atomic E-state index is 4.31. The first-order chi connectivity index (χ1) is 10.5. The molecule has 0 aliphatic carbocycles. The van der Waals surface area contributed by atoms with Crippen molar-refractivity contribution in [3.8, 4) is 0 Å². The zero-order valence-corrected chi connectivity index (χ0v) is 15.2. The van der Waals surface area contributed by atoms with Gasteiger partial charge in [-0.3, -0.25) is 4.68 Å². The minimum absolute atomic E-state index is 0.348. The summed E-state index contributed by atoms with van der Waals surface area (Å²) >= 11 is 3.89. The van der Waals surface area contributed by atoms with E-state index in [2.05, 4.69) is 54.0 Å². The molecule has 1 aliphatic rings. The largest absolute Gasteiger partial charge is 0.308 e. The second-order valence-corrected chi connectivity index (χ2v) is 8.84. The Bertz CT molecular complexity index is 619. The van der Waals surface area contributed by atoms with E-state index in [-0.39, 0.29) is 0 Å². The van der Waals surface area contributed by atoms with Gasteiger partial charge in [0.25, 0.3) is 0 Å². The first-order valence-electron chi connectivity index (χ1n) is 7.67. The number of nitrogens with one attached hydrogen (secondary N) is 1. The highest BCUT2D eigenvalue weighted by Crippen LogP contribution is 2.43. The lowest BCUT2D eigenvalue weighted by Crippen LogP contribution is -2.34. The summed E-state index contributed by atoms with van der Waals surface area (Å²) in [5.41, 5.74) is 2.75. The molecule has 0 saturated carbocycles. The first kappa shape index (κ1) is 16.1. The summed E-state index contributed by atoms with van der Waals surface area (Å²) in [6, 6.07) is 3.10. The number of hydrogen-bond acceptors (Lipinski definition) is 5. The molecule has 0 spiro atoms. The van der Waals surface area contributed by atoms with E-state index in [1.54, 1.807) is 0 Å². The molecule has 1 aliphatic heterocycles. The van der Waals surface area contributed by atoms with Gasteiger partial charge in [-0.1, -0.05) is 6.92 Å². The highest BCUT2D eigenvalue weighted by Gasteiger charge is 2.27. The van der Waals surface area contributed by atoms with E-state index < -0.39 is 0 Å². The standard InChI is InChI=1S/C16H24N4S2/c1-11-7-14(13-5-6-21-16(13)22-11)17-9-15(19(2)3)12-8-18-20(4)10-12/h5-6,8,10-11,14-15,17H,7,9H2,1-4H3/t11-,14+,15+/m0/s1. The molecule has 120 valence electrons. The third-order valence-corrected chi connectivity index (χ3v) is 6.54. The molecule has 3 rings (SSSR count). The van der Waals surface area contributed by atoms with Crippen molar-refractivity contribution in [3.63, 3.8) is 0 Å². The quantitative estimate of drug-likeness (QED) is 0.908. The monoisotopic (exact) mass is 336 g/mol. The lowest BCUT2D eigenvalue weighted by Gasteiger charge is -2.31. The number of rotatable bonds is 5. The van der Waals surface area contributed by atoms with Crippen LogP contribution in [0, 0.1) is 0 Å². The normalized spacial score (nSPS) is 22.8. The summed E-state index contributed by atoms with van der Waals surface area (Å²) in [5, 5.41) is 11.0. The van der Waals surface area contributed by atoms with Crippen LogP contribution in [0.4, 0.5) is 0 Å².